The van der Waals surface area contributed by atoms with Gasteiger partial charge in [0.15, 0.2) is 0 Å². The van der Waals surface area contributed by atoms with E-state index >= 15 is 0 Å². The van der Waals surface area contributed by atoms with Crippen molar-refractivity contribution in [1.29, 1.82) is 0 Å². The summed E-state index contributed by atoms with van der Waals surface area (Å²) in [6.45, 7) is 8.73. The van der Waals surface area contributed by atoms with Gasteiger partial charge in [-0.1, -0.05) is 69.5 Å². The van der Waals surface area contributed by atoms with Gasteiger partial charge in [0, 0.05) is 2.85 Å². The Morgan fingerprint density at radius 3 is 1.47 bits per heavy atom. The zero-order chi connectivity index (χ0) is 12.7. The van der Waals surface area contributed by atoms with E-state index in [1.54, 1.807) is 0 Å². The van der Waals surface area contributed by atoms with E-state index in [0.29, 0.717) is 0 Å². The van der Waals surface area contributed by atoms with Crippen molar-refractivity contribution in [3.8, 4) is 0 Å². The molecule has 0 fully saturated rings. The van der Waals surface area contributed by atoms with Crippen LogP contribution in [0.2, 0.25) is 0 Å². The summed E-state index contributed by atoms with van der Waals surface area (Å²) in [6, 6.07) is 12.9. The van der Waals surface area contributed by atoms with Gasteiger partial charge in [-0.2, -0.15) is 0 Å². The molecule has 0 radical (unpaired) electrons. The normalized spacial score (nSPS) is 9.88. The highest BCUT2D eigenvalue weighted by Crippen LogP contribution is 2.20. The summed E-state index contributed by atoms with van der Waals surface area (Å²) in [5.41, 5.74) is 2.72. The first-order valence-electron chi connectivity index (χ1n) is 6.65. The van der Waals surface area contributed by atoms with Crippen LogP contribution in [0.25, 0.3) is 10.8 Å². The molecule has 0 nitrogen and oxygen atoms in total. The Hall–Kier alpha value is -1.30. The molecule has 0 bridgehead atoms. The van der Waals surface area contributed by atoms with Gasteiger partial charge in [-0.15, -0.1) is 0 Å². The number of unbranched alkanes of at least 4 members (excludes halogenated alkanes) is 2. The fourth-order valence-electron chi connectivity index (χ4n) is 1.98. The number of hydrogen-bond acceptors (Lipinski definition) is 0. The lowest BCUT2D eigenvalue weighted by molar-refractivity contribution is 0.772. The first kappa shape index (κ1) is 13.8. The van der Waals surface area contributed by atoms with Crippen molar-refractivity contribution in [2.24, 2.45) is 0 Å². The summed E-state index contributed by atoms with van der Waals surface area (Å²) in [4.78, 5) is 0. The van der Waals surface area contributed by atoms with Crippen LogP contribution in [0.1, 0.15) is 47.1 Å². The molecule has 0 atom stereocenters. The average Bonchev–Trinajstić information content (AvgIpc) is 2.33. The molecule has 0 saturated carbocycles. The van der Waals surface area contributed by atoms with Crippen molar-refractivity contribution in [2.45, 2.75) is 47.0 Å². The summed E-state index contributed by atoms with van der Waals surface area (Å²) in [6.07, 6.45) is 4.08. The second-order valence-corrected chi connectivity index (χ2v) is 4.60. The van der Waals surface area contributed by atoms with E-state index in [9.17, 15) is 0 Å². The highest BCUT2D eigenvalue weighted by Gasteiger charge is 1.96. The lowest BCUT2D eigenvalue weighted by Gasteiger charge is -2.03. The first-order valence-corrected chi connectivity index (χ1v) is 6.65. The zero-order valence-corrected chi connectivity index (χ0v) is 11.6. The van der Waals surface area contributed by atoms with E-state index in [4.69, 9.17) is 0 Å². The van der Waals surface area contributed by atoms with Crippen molar-refractivity contribution < 1.29 is 2.85 Å². The second kappa shape index (κ2) is 7.11. The average molecular weight is 232 g/mol. The van der Waals surface area contributed by atoms with E-state index < -0.39 is 0 Å². The molecule has 17 heavy (non-hydrogen) atoms. The van der Waals surface area contributed by atoms with Crippen LogP contribution >= 0.6 is 0 Å². The molecule has 0 heteroatoms. The molecular weight excluding hydrogens is 204 g/mol. The predicted octanol–water partition coefficient (Wildman–Crippen LogP) is 6.15. The van der Waals surface area contributed by atoms with Crippen LogP contribution in [0.5, 0.6) is 0 Å². The maximum atomic E-state index is 2.21. The minimum Gasteiger partial charge on any atom is -0.0654 e. The van der Waals surface area contributed by atoms with Gasteiger partial charge in [-0.3, -0.25) is 0 Å². The van der Waals surface area contributed by atoms with Gasteiger partial charge < -0.3 is 0 Å². The molecule has 0 aliphatic rings. The maximum absolute atomic E-state index is 2.21. The largest absolute Gasteiger partial charge is 0.0654 e. The van der Waals surface area contributed by atoms with Crippen molar-refractivity contribution >= 4 is 10.8 Å². The van der Waals surface area contributed by atoms with Crippen LogP contribution in [0.15, 0.2) is 36.4 Å². The Kier molecular flexibility index (Phi) is 5.76. The smallest absolute Gasteiger partial charge is 0 e. The molecule has 0 spiro atoms. The maximum Gasteiger partial charge on any atom is 0 e. The predicted molar refractivity (Wildman–Crippen MR) is 82.8 cm³/mol. The van der Waals surface area contributed by atoms with Crippen LogP contribution in [-0.2, 0) is 0 Å². The first-order chi connectivity index (χ1) is 8.20. The van der Waals surface area contributed by atoms with Crippen LogP contribution in [0.3, 0.4) is 0 Å². The standard InChI is InChI=1S/C12H12.C5H12.2H2/c1-9-5-3-8-12-10(2)6-4-7-11(9)12;1-3-5-4-2;;/h3-8H,1-2H3;3-5H2,1-2H3;2*1H. The fraction of sp³-hybridized carbons (Fsp3) is 0.412. The highest BCUT2D eigenvalue weighted by molar-refractivity contribution is 5.88. The van der Waals surface area contributed by atoms with Gasteiger partial charge in [-0.25, -0.2) is 0 Å². The van der Waals surface area contributed by atoms with Gasteiger partial charge in [0.1, 0.15) is 0 Å². The zero-order valence-electron chi connectivity index (χ0n) is 11.6. The lowest BCUT2D eigenvalue weighted by atomic mass is 10.0. The molecule has 0 N–H and O–H groups in total. The third-order valence-electron chi connectivity index (χ3n) is 3.07. The Bertz CT molecular complexity index is 421. The molecule has 0 unspecified atom stereocenters. The Morgan fingerprint density at radius 1 is 0.765 bits per heavy atom. The van der Waals surface area contributed by atoms with E-state index in [2.05, 4.69) is 64.1 Å². The molecule has 2 rings (SSSR count). The highest BCUT2D eigenvalue weighted by atomic mass is 14.0. The summed E-state index contributed by atoms with van der Waals surface area (Å²) in [7, 11) is 0. The molecular formula is C17H28. The summed E-state index contributed by atoms with van der Waals surface area (Å²) in [5, 5.41) is 2.75. The molecule has 0 saturated heterocycles. The van der Waals surface area contributed by atoms with E-state index in [-0.39, 0.29) is 2.85 Å². The third-order valence-corrected chi connectivity index (χ3v) is 3.07. The van der Waals surface area contributed by atoms with E-state index in [0.717, 1.165) is 0 Å². The number of rotatable bonds is 2. The fourth-order valence-corrected chi connectivity index (χ4v) is 1.98. The minimum atomic E-state index is 0. The Balaban J connectivity index is 0. The molecule has 0 aromatic heterocycles. The van der Waals surface area contributed by atoms with E-state index in [1.165, 1.54) is 41.2 Å². The van der Waals surface area contributed by atoms with Crippen molar-refractivity contribution in [2.75, 3.05) is 0 Å². The number of fused-ring (bicyclic) bond motifs is 1. The van der Waals surface area contributed by atoms with Gasteiger partial charge in [0.05, 0.1) is 0 Å². The van der Waals surface area contributed by atoms with Crippen LogP contribution in [0, 0.1) is 13.8 Å². The Morgan fingerprint density at radius 2 is 1.18 bits per heavy atom. The molecule has 0 aliphatic carbocycles. The molecule has 2 aromatic rings. The SMILES string of the molecule is CCCCC.Cc1cccc2c(C)cccc12.[HH].[HH]. The number of aryl methyl sites for hydroxylation is 2. The third kappa shape index (κ3) is 3.89. The van der Waals surface area contributed by atoms with Gasteiger partial charge in [-0.05, 0) is 35.7 Å². The van der Waals surface area contributed by atoms with Crippen molar-refractivity contribution in [3.05, 3.63) is 47.5 Å². The van der Waals surface area contributed by atoms with Gasteiger partial charge in [0.2, 0.25) is 0 Å². The summed E-state index contributed by atoms with van der Waals surface area (Å²) < 4.78 is 0. The van der Waals surface area contributed by atoms with Crippen LogP contribution in [0.4, 0.5) is 0 Å². The lowest BCUT2D eigenvalue weighted by Crippen LogP contribution is -1.80. The van der Waals surface area contributed by atoms with Crippen LogP contribution in [-0.4, -0.2) is 0 Å². The van der Waals surface area contributed by atoms with Gasteiger partial charge >= 0.3 is 0 Å². The monoisotopic (exact) mass is 232 g/mol. The Labute approximate surface area is 109 Å². The second-order valence-electron chi connectivity index (χ2n) is 4.60. The molecule has 2 aromatic carbocycles. The minimum absolute atomic E-state index is 0. The van der Waals surface area contributed by atoms with Crippen molar-refractivity contribution in [1.82, 2.24) is 0 Å². The molecule has 0 aliphatic heterocycles. The molecule has 0 heterocycles. The quantitative estimate of drug-likeness (QED) is 0.583. The topological polar surface area (TPSA) is 0 Å². The number of benzene rings is 2. The summed E-state index contributed by atoms with van der Waals surface area (Å²) in [5.74, 6) is 0. The van der Waals surface area contributed by atoms with E-state index in [1.807, 2.05) is 0 Å². The molecule has 0 amide bonds. The van der Waals surface area contributed by atoms with Crippen molar-refractivity contribution in [3.63, 3.8) is 0 Å². The number of hydrogen-bond donors (Lipinski definition) is 0. The molecule has 96 valence electrons. The van der Waals surface area contributed by atoms with Crippen LogP contribution < -0.4 is 0 Å². The van der Waals surface area contributed by atoms with Gasteiger partial charge in [0.25, 0.3) is 0 Å². The summed E-state index contributed by atoms with van der Waals surface area (Å²) >= 11 is 0.